The number of carbonyl (C=O) groups is 2. The zero-order valence-corrected chi connectivity index (χ0v) is 11.3. The van der Waals surface area contributed by atoms with Gasteiger partial charge in [-0.2, -0.15) is 0 Å². The molecule has 0 aliphatic rings. The molecule has 0 radical (unpaired) electrons. The van der Waals surface area contributed by atoms with Crippen LogP contribution in [0.25, 0.3) is 0 Å². The van der Waals surface area contributed by atoms with Crippen molar-refractivity contribution in [3.8, 4) is 0 Å². The summed E-state index contributed by atoms with van der Waals surface area (Å²) in [5.74, 6) is -1.64. The maximum Gasteiger partial charge on any atom is 0.321 e. The van der Waals surface area contributed by atoms with E-state index in [4.69, 9.17) is 28.3 Å². The van der Waals surface area contributed by atoms with E-state index in [0.29, 0.717) is 15.7 Å². The number of amides is 1. The summed E-state index contributed by atoms with van der Waals surface area (Å²) in [5.41, 5.74) is 0.522. The van der Waals surface area contributed by atoms with Crippen LogP contribution in [0.4, 0.5) is 5.69 Å². The molecule has 1 rings (SSSR count). The van der Waals surface area contributed by atoms with E-state index in [-0.39, 0.29) is 10.9 Å². The summed E-state index contributed by atoms with van der Waals surface area (Å²) in [5, 5.41) is 12.1. The summed E-state index contributed by atoms with van der Waals surface area (Å²) in [4.78, 5) is 22.5. The molecule has 0 saturated heterocycles. The van der Waals surface area contributed by atoms with Crippen molar-refractivity contribution in [1.29, 1.82) is 0 Å². The minimum Gasteiger partial charge on any atom is -0.478 e. The van der Waals surface area contributed by atoms with Gasteiger partial charge in [-0.05, 0) is 29.1 Å². The highest BCUT2D eigenvalue weighted by Gasteiger charge is 2.12. The minimum absolute atomic E-state index is 0.0133. The highest BCUT2D eigenvalue weighted by Crippen LogP contribution is 2.22. The number of carbonyl (C=O) groups excluding carboxylic acids is 1. The summed E-state index contributed by atoms with van der Waals surface area (Å²) in [6.45, 7) is 0. The van der Waals surface area contributed by atoms with Crippen LogP contribution in [0.1, 0.15) is 0 Å². The number of rotatable bonds is 3. The minimum atomic E-state index is -1.13. The molecule has 0 unspecified atom stereocenters. The van der Waals surface area contributed by atoms with Gasteiger partial charge in [0.15, 0.2) is 0 Å². The van der Waals surface area contributed by atoms with Gasteiger partial charge < -0.3 is 10.4 Å². The van der Waals surface area contributed by atoms with Crippen LogP contribution in [0, 0.1) is 0 Å². The number of anilines is 1. The lowest BCUT2D eigenvalue weighted by atomic mass is 9.80. The molecule has 0 atom stereocenters. The molecule has 1 aromatic carbocycles. The second kappa shape index (κ2) is 5.98. The van der Waals surface area contributed by atoms with E-state index in [1.165, 1.54) is 33.9 Å². The molecule has 0 spiro atoms. The molecule has 92 valence electrons. The maximum atomic E-state index is 11.8. The molecule has 0 aliphatic heterocycles. The zero-order chi connectivity index (χ0) is 13.9. The highest BCUT2D eigenvalue weighted by molar-refractivity contribution is 6.49. The number of halogens is 2. The molecule has 4 nitrogen and oxygen atoms in total. The first-order valence-electron chi connectivity index (χ1n) is 4.99. The highest BCUT2D eigenvalue weighted by atomic mass is 35.5. The van der Waals surface area contributed by atoms with Gasteiger partial charge in [0.2, 0.25) is 5.91 Å². The molecule has 18 heavy (non-hydrogen) atoms. The van der Waals surface area contributed by atoms with E-state index >= 15 is 0 Å². The van der Waals surface area contributed by atoms with Crippen molar-refractivity contribution < 1.29 is 14.7 Å². The summed E-state index contributed by atoms with van der Waals surface area (Å²) >= 11 is 11.6. The molecule has 0 fully saturated rings. The van der Waals surface area contributed by atoms with Crippen molar-refractivity contribution in [2.75, 3.05) is 5.32 Å². The van der Waals surface area contributed by atoms with Gasteiger partial charge in [0.05, 0.1) is 0 Å². The SMILES string of the molecule is B/C(C(=O)O)=C(/B)C(=O)Nc1cc(Cl)cc(Cl)c1. The van der Waals surface area contributed by atoms with Crippen molar-refractivity contribution >= 4 is 56.5 Å². The Bertz CT molecular complexity index is 526. The Balaban J connectivity index is 2.95. The van der Waals surface area contributed by atoms with Gasteiger partial charge in [-0.1, -0.05) is 23.2 Å². The van der Waals surface area contributed by atoms with Crippen molar-refractivity contribution in [2.45, 2.75) is 0 Å². The predicted octanol–water partition coefficient (Wildman–Crippen LogP) is 0.494. The second-order valence-corrected chi connectivity index (χ2v) is 4.54. The normalized spacial score (nSPS) is 11.7. The Labute approximate surface area is 116 Å². The molecule has 0 aliphatic carbocycles. The molecule has 0 saturated carbocycles. The molecular formula is C10H9B2Cl2NO3. The fourth-order valence-electron chi connectivity index (χ4n) is 1.18. The number of carboxylic acid groups (broad SMARTS) is 1. The number of aliphatic carboxylic acids is 1. The number of hydrogen-bond acceptors (Lipinski definition) is 2. The van der Waals surface area contributed by atoms with Gasteiger partial charge in [0.25, 0.3) is 0 Å². The Morgan fingerprint density at radius 3 is 2.00 bits per heavy atom. The third-order valence-electron chi connectivity index (χ3n) is 2.34. The lowest BCUT2D eigenvalue weighted by molar-refractivity contribution is -0.132. The van der Waals surface area contributed by atoms with Crippen LogP contribution < -0.4 is 5.32 Å². The quantitative estimate of drug-likeness (QED) is 0.627. The number of hydrogen-bond donors (Lipinski definition) is 2. The van der Waals surface area contributed by atoms with Crippen LogP contribution in [-0.2, 0) is 9.59 Å². The summed E-state index contributed by atoms with van der Waals surface area (Å²) in [6, 6.07) is 4.58. The molecule has 0 aromatic heterocycles. The standard InChI is InChI=1S/C10H9B2Cl2NO3/c11-7(8(12)10(17)18)9(16)15-6-2-4(13)1-5(14)3-6/h1-3H,11-12H2,(H,15,16)(H,17,18)/b8-7+. The van der Waals surface area contributed by atoms with Crippen molar-refractivity contribution in [3.05, 3.63) is 39.2 Å². The Kier molecular flexibility index (Phi) is 4.87. The first-order valence-corrected chi connectivity index (χ1v) is 5.75. The topological polar surface area (TPSA) is 66.4 Å². The van der Waals surface area contributed by atoms with Crippen molar-refractivity contribution in [3.63, 3.8) is 0 Å². The van der Waals surface area contributed by atoms with Crippen LogP contribution in [0.15, 0.2) is 29.1 Å². The zero-order valence-electron chi connectivity index (χ0n) is 9.75. The van der Waals surface area contributed by atoms with Crippen molar-refractivity contribution in [1.82, 2.24) is 0 Å². The summed E-state index contributed by atoms with van der Waals surface area (Å²) < 4.78 is 0. The lowest BCUT2D eigenvalue weighted by Gasteiger charge is -2.08. The first-order chi connectivity index (χ1) is 8.31. The third-order valence-corrected chi connectivity index (χ3v) is 2.78. The van der Waals surface area contributed by atoms with E-state index in [9.17, 15) is 9.59 Å². The van der Waals surface area contributed by atoms with Crippen LogP contribution in [0.2, 0.25) is 10.0 Å². The monoisotopic (exact) mass is 283 g/mol. The van der Waals surface area contributed by atoms with E-state index in [1.807, 2.05) is 0 Å². The van der Waals surface area contributed by atoms with Gasteiger partial charge in [-0.25, -0.2) is 4.79 Å². The van der Waals surface area contributed by atoms with Gasteiger partial charge in [0, 0.05) is 15.7 Å². The number of nitrogens with one attached hydrogen (secondary N) is 1. The molecule has 8 heteroatoms. The average Bonchev–Trinajstić information content (AvgIpc) is 2.25. The van der Waals surface area contributed by atoms with Crippen molar-refractivity contribution in [2.24, 2.45) is 0 Å². The molecule has 1 amide bonds. The van der Waals surface area contributed by atoms with Crippen LogP contribution >= 0.6 is 23.2 Å². The number of benzene rings is 1. The second-order valence-electron chi connectivity index (χ2n) is 3.67. The molecular weight excluding hydrogens is 275 g/mol. The number of carboxylic acids is 1. The molecule has 1 aromatic rings. The molecule has 0 bridgehead atoms. The molecule has 2 N–H and O–H groups in total. The fourth-order valence-corrected chi connectivity index (χ4v) is 1.71. The van der Waals surface area contributed by atoms with Gasteiger partial charge in [-0.3, -0.25) is 4.79 Å². The van der Waals surface area contributed by atoms with Crippen LogP contribution in [0.3, 0.4) is 0 Å². The largest absolute Gasteiger partial charge is 0.478 e. The van der Waals surface area contributed by atoms with E-state index < -0.39 is 11.9 Å². The smallest absolute Gasteiger partial charge is 0.321 e. The van der Waals surface area contributed by atoms with E-state index in [0.717, 1.165) is 0 Å². The first kappa shape index (κ1) is 14.7. The Morgan fingerprint density at radius 1 is 1.06 bits per heavy atom. The lowest BCUT2D eigenvalue weighted by Crippen LogP contribution is -2.19. The van der Waals surface area contributed by atoms with Crippen LogP contribution in [-0.4, -0.2) is 32.7 Å². The predicted molar refractivity (Wildman–Crippen MR) is 76.8 cm³/mol. The van der Waals surface area contributed by atoms with Gasteiger partial charge >= 0.3 is 5.97 Å². The van der Waals surface area contributed by atoms with E-state index in [2.05, 4.69) is 5.32 Å². The van der Waals surface area contributed by atoms with E-state index in [1.54, 1.807) is 0 Å². The summed E-state index contributed by atoms with van der Waals surface area (Å²) in [6.07, 6.45) is 0. The summed E-state index contributed by atoms with van der Waals surface area (Å²) in [7, 11) is 2.80. The maximum absolute atomic E-state index is 11.8. The van der Waals surface area contributed by atoms with Gasteiger partial charge in [0.1, 0.15) is 15.7 Å². The fraction of sp³-hybridized carbons (Fsp3) is 0. The molecule has 0 heterocycles. The average molecular weight is 284 g/mol. The Morgan fingerprint density at radius 2 is 1.56 bits per heavy atom. The third kappa shape index (κ3) is 3.82. The van der Waals surface area contributed by atoms with Gasteiger partial charge in [-0.15, -0.1) is 0 Å². The Hall–Kier alpha value is -1.39. The van der Waals surface area contributed by atoms with Crippen LogP contribution in [0.5, 0.6) is 0 Å².